The molecule has 8 nitrogen and oxygen atoms in total. The highest BCUT2D eigenvalue weighted by Crippen LogP contribution is 2.14. The molecular weight excluding hydrogens is 404 g/mol. The molecule has 0 aromatic rings. The molecule has 1 unspecified atom stereocenters. The van der Waals surface area contributed by atoms with Crippen molar-refractivity contribution < 1.29 is 38.5 Å². The molecule has 0 rings (SSSR count). The second-order valence-electron chi connectivity index (χ2n) is 7.77. The second kappa shape index (κ2) is 18.6. The van der Waals surface area contributed by atoms with Gasteiger partial charge in [0.05, 0.1) is 12.8 Å². The summed E-state index contributed by atoms with van der Waals surface area (Å²) in [5, 5.41) is 8.67. The maximum atomic E-state index is 12.2. The van der Waals surface area contributed by atoms with Gasteiger partial charge in [-0.2, -0.15) is 0 Å². The Morgan fingerprint density at radius 3 is 1.45 bits per heavy atom. The van der Waals surface area contributed by atoms with Crippen molar-refractivity contribution in [3.05, 3.63) is 0 Å². The molecule has 0 fully saturated rings. The number of esters is 3. The van der Waals surface area contributed by atoms with Crippen molar-refractivity contribution >= 4 is 23.9 Å². The Kier molecular flexibility index (Phi) is 17.4. The van der Waals surface area contributed by atoms with Gasteiger partial charge < -0.3 is 19.3 Å². The Bertz CT molecular complexity index is 504. The van der Waals surface area contributed by atoms with E-state index in [0.29, 0.717) is 12.8 Å². The number of ether oxygens (including phenoxy) is 3. The van der Waals surface area contributed by atoms with E-state index in [9.17, 15) is 19.2 Å². The zero-order chi connectivity index (χ0) is 23.5. The van der Waals surface area contributed by atoms with Crippen LogP contribution in [0.4, 0.5) is 0 Å². The number of carbonyl (C=O) groups excluding carboxylic acids is 3. The first-order valence-electron chi connectivity index (χ1n) is 11.6. The molecule has 0 aliphatic heterocycles. The molecule has 180 valence electrons. The van der Waals surface area contributed by atoms with Gasteiger partial charge in [0, 0.05) is 12.8 Å². The van der Waals surface area contributed by atoms with Crippen LogP contribution in [-0.2, 0) is 33.4 Å². The number of carbonyl (C=O) groups is 4. The highest BCUT2D eigenvalue weighted by Gasteiger charge is 2.28. The van der Waals surface area contributed by atoms with E-state index in [4.69, 9.17) is 19.3 Å². The summed E-state index contributed by atoms with van der Waals surface area (Å²) < 4.78 is 15.7. The average molecular weight is 445 g/mol. The molecule has 0 spiro atoms. The lowest BCUT2D eigenvalue weighted by Crippen LogP contribution is -2.37. The summed E-state index contributed by atoms with van der Waals surface area (Å²) in [5.74, 6) is -2.92. The minimum absolute atomic E-state index is 0.189. The quantitative estimate of drug-likeness (QED) is 0.170. The summed E-state index contributed by atoms with van der Waals surface area (Å²) >= 11 is 0. The number of carboxylic acid groups (broad SMARTS) is 1. The summed E-state index contributed by atoms with van der Waals surface area (Å²) in [7, 11) is 0. The van der Waals surface area contributed by atoms with Gasteiger partial charge in [0.25, 0.3) is 6.29 Å². The van der Waals surface area contributed by atoms with Crippen molar-refractivity contribution in [1.82, 2.24) is 0 Å². The minimum atomic E-state index is -1.35. The smallest absolute Gasteiger partial charge is 0.309 e. The normalized spacial score (nSPS) is 11.7. The van der Waals surface area contributed by atoms with Crippen molar-refractivity contribution in [3.63, 3.8) is 0 Å². The summed E-state index contributed by atoms with van der Waals surface area (Å²) in [6, 6.07) is 0. The van der Waals surface area contributed by atoms with Crippen LogP contribution in [0.2, 0.25) is 0 Å². The van der Waals surface area contributed by atoms with Gasteiger partial charge in [0.1, 0.15) is 0 Å². The van der Waals surface area contributed by atoms with Crippen molar-refractivity contribution in [3.8, 4) is 0 Å². The second-order valence-corrected chi connectivity index (χ2v) is 7.77. The van der Waals surface area contributed by atoms with Crippen LogP contribution >= 0.6 is 0 Å². The van der Waals surface area contributed by atoms with Crippen molar-refractivity contribution in [2.24, 2.45) is 0 Å². The third-order valence-corrected chi connectivity index (χ3v) is 4.71. The molecule has 1 N–H and O–H groups in total. The van der Waals surface area contributed by atoms with Gasteiger partial charge in [0.2, 0.25) is 0 Å². The number of unbranched alkanes of at least 4 members (excludes halogenated alkanes) is 8. The fraction of sp³-hybridized carbons (Fsp3) is 0.826. The summed E-state index contributed by atoms with van der Waals surface area (Å²) in [6.45, 7) is 5.67. The lowest BCUT2D eigenvalue weighted by Gasteiger charge is -2.24. The van der Waals surface area contributed by atoms with Crippen molar-refractivity contribution in [2.75, 3.05) is 0 Å². The van der Waals surface area contributed by atoms with Crippen LogP contribution < -0.4 is 0 Å². The predicted molar refractivity (Wildman–Crippen MR) is 115 cm³/mol. The van der Waals surface area contributed by atoms with Crippen LogP contribution in [0.3, 0.4) is 0 Å². The van der Waals surface area contributed by atoms with E-state index in [1.807, 2.05) is 0 Å². The molecule has 0 radical (unpaired) electrons. The zero-order valence-corrected chi connectivity index (χ0v) is 19.4. The molecule has 0 heterocycles. The molecule has 0 aliphatic rings. The number of aliphatic carboxylic acids is 1. The Morgan fingerprint density at radius 1 is 0.613 bits per heavy atom. The Labute approximate surface area is 186 Å². The Hall–Kier alpha value is -2.12. The molecule has 0 aromatic heterocycles. The molecule has 8 heteroatoms. The monoisotopic (exact) mass is 444 g/mol. The molecule has 0 saturated heterocycles. The van der Waals surface area contributed by atoms with Gasteiger partial charge in [-0.3, -0.25) is 19.2 Å². The van der Waals surface area contributed by atoms with Crippen LogP contribution in [0.1, 0.15) is 111 Å². The maximum absolute atomic E-state index is 12.2. The highest BCUT2D eigenvalue weighted by atomic mass is 16.7. The van der Waals surface area contributed by atoms with Gasteiger partial charge in [-0.05, 0) is 19.8 Å². The van der Waals surface area contributed by atoms with Crippen LogP contribution in [0.25, 0.3) is 0 Å². The summed E-state index contributed by atoms with van der Waals surface area (Å²) in [4.78, 5) is 46.8. The SMILES string of the molecule is CCCCCCCC(=O)OC(OC(=O)CCCCCCC)C(C)OC(=O)CCC(=O)O. The van der Waals surface area contributed by atoms with Crippen LogP contribution in [0.5, 0.6) is 0 Å². The number of rotatable bonds is 19. The van der Waals surface area contributed by atoms with Gasteiger partial charge in [-0.25, -0.2) is 0 Å². The Morgan fingerprint density at radius 2 is 1.03 bits per heavy atom. The topological polar surface area (TPSA) is 116 Å². The van der Waals surface area contributed by atoms with E-state index in [0.717, 1.165) is 51.4 Å². The highest BCUT2D eigenvalue weighted by molar-refractivity contribution is 5.76. The standard InChI is InChI=1S/C23H40O8/c1-4-6-8-10-12-14-20(26)30-23(18(3)29-22(28)17-16-19(24)25)31-21(27)15-13-11-9-7-5-2/h18,23H,4-17H2,1-3H3,(H,24,25). The summed E-state index contributed by atoms with van der Waals surface area (Å²) in [5.41, 5.74) is 0. The van der Waals surface area contributed by atoms with Gasteiger partial charge in [-0.1, -0.05) is 65.2 Å². The molecule has 0 amide bonds. The third-order valence-electron chi connectivity index (χ3n) is 4.71. The first-order valence-corrected chi connectivity index (χ1v) is 11.6. The molecule has 1 atom stereocenters. The van der Waals surface area contributed by atoms with Gasteiger partial charge in [-0.15, -0.1) is 0 Å². The van der Waals surface area contributed by atoms with Gasteiger partial charge in [0.15, 0.2) is 6.10 Å². The van der Waals surface area contributed by atoms with Crippen LogP contribution in [-0.4, -0.2) is 41.4 Å². The van der Waals surface area contributed by atoms with E-state index in [2.05, 4.69) is 13.8 Å². The number of hydrogen-bond donors (Lipinski definition) is 1. The number of hydrogen-bond acceptors (Lipinski definition) is 7. The molecular formula is C23H40O8. The zero-order valence-electron chi connectivity index (χ0n) is 19.4. The lowest BCUT2D eigenvalue weighted by atomic mass is 10.1. The fourth-order valence-electron chi connectivity index (χ4n) is 2.87. The fourth-order valence-corrected chi connectivity index (χ4v) is 2.87. The van der Waals surface area contributed by atoms with Crippen LogP contribution in [0.15, 0.2) is 0 Å². The van der Waals surface area contributed by atoms with E-state index >= 15 is 0 Å². The van der Waals surface area contributed by atoms with E-state index in [1.165, 1.54) is 6.92 Å². The van der Waals surface area contributed by atoms with E-state index in [1.54, 1.807) is 0 Å². The molecule has 0 aromatic carbocycles. The molecule has 0 aliphatic carbocycles. The predicted octanol–water partition coefficient (Wildman–Crippen LogP) is 4.92. The molecule has 0 saturated carbocycles. The third kappa shape index (κ3) is 17.3. The summed E-state index contributed by atoms with van der Waals surface area (Å²) in [6.07, 6.45) is 6.97. The van der Waals surface area contributed by atoms with E-state index < -0.39 is 36.3 Å². The average Bonchev–Trinajstić information content (AvgIpc) is 2.71. The van der Waals surface area contributed by atoms with E-state index in [-0.39, 0.29) is 25.7 Å². The largest absolute Gasteiger partial charge is 0.481 e. The maximum Gasteiger partial charge on any atom is 0.309 e. The van der Waals surface area contributed by atoms with Gasteiger partial charge >= 0.3 is 23.9 Å². The Balaban J connectivity index is 4.67. The minimum Gasteiger partial charge on any atom is -0.481 e. The molecule has 31 heavy (non-hydrogen) atoms. The van der Waals surface area contributed by atoms with Crippen LogP contribution in [0, 0.1) is 0 Å². The first kappa shape index (κ1) is 28.9. The molecule has 0 bridgehead atoms. The van der Waals surface area contributed by atoms with Crippen molar-refractivity contribution in [1.29, 1.82) is 0 Å². The lowest BCUT2D eigenvalue weighted by molar-refractivity contribution is -0.212. The first-order chi connectivity index (χ1) is 14.8. The number of carboxylic acids is 1. The van der Waals surface area contributed by atoms with Crippen molar-refractivity contribution in [2.45, 2.75) is 123 Å².